The fourth-order valence-corrected chi connectivity index (χ4v) is 3.24. The van der Waals surface area contributed by atoms with Gasteiger partial charge in [0, 0.05) is 18.8 Å². The van der Waals surface area contributed by atoms with Crippen molar-refractivity contribution in [3.05, 3.63) is 23.8 Å². The highest BCUT2D eigenvalue weighted by atomic mass is 32.2. The Morgan fingerprint density at radius 3 is 2.19 bits per heavy atom. The number of hydrogen-bond acceptors (Lipinski definition) is 3. The molecule has 1 aromatic carbocycles. The molecule has 0 unspecified atom stereocenters. The van der Waals surface area contributed by atoms with Crippen molar-refractivity contribution in [1.82, 2.24) is 4.31 Å². The van der Waals surface area contributed by atoms with Crippen molar-refractivity contribution in [1.29, 1.82) is 0 Å². The third-order valence-corrected chi connectivity index (χ3v) is 4.44. The lowest BCUT2D eigenvalue weighted by Gasteiger charge is -2.18. The average Bonchev–Trinajstić information content (AvgIpc) is 2.17. The highest BCUT2D eigenvalue weighted by Crippen LogP contribution is 2.19. The lowest BCUT2D eigenvalue weighted by Crippen LogP contribution is -2.30. The average molecular weight is 242 g/mol. The monoisotopic (exact) mass is 242 g/mol. The maximum absolute atomic E-state index is 12.2. The van der Waals surface area contributed by atoms with E-state index in [0.717, 1.165) is 5.56 Å². The maximum atomic E-state index is 12.2. The van der Waals surface area contributed by atoms with Crippen LogP contribution in [-0.4, -0.2) is 25.8 Å². The molecule has 90 valence electrons. The number of nitrogens with zero attached hydrogens (tertiary/aromatic N) is 1. The Morgan fingerprint density at radius 2 is 1.75 bits per heavy atom. The summed E-state index contributed by atoms with van der Waals surface area (Å²) >= 11 is 0. The van der Waals surface area contributed by atoms with Gasteiger partial charge < -0.3 is 5.73 Å². The van der Waals surface area contributed by atoms with Crippen LogP contribution in [0.1, 0.15) is 19.4 Å². The minimum atomic E-state index is -3.39. The van der Waals surface area contributed by atoms with Gasteiger partial charge in [0.2, 0.25) is 10.0 Å². The van der Waals surface area contributed by atoms with Gasteiger partial charge in [-0.15, -0.1) is 0 Å². The maximum Gasteiger partial charge on any atom is 0.243 e. The lowest BCUT2D eigenvalue weighted by molar-refractivity contribution is 0.445. The zero-order valence-electron chi connectivity index (χ0n) is 9.90. The van der Waals surface area contributed by atoms with Crippen molar-refractivity contribution >= 4 is 15.7 Å². The Labute approximate surface area is 97.1 Å². The molecule has 0 aliphatic heterocycles. The van der Waals surface area contributed by atoms with Gasteiger partial charge in [-0.05, 0) is 30.7 Å². The predicted molar refractivity (Wildman–Crippen MR) is 65.7 cm³/mol. The van der Waals surface area contributed by atoms with E-state index < -0.39 is 10.0 Å². The number of aryl methyl sites for hydroxylation is 1. The summed E-state index contributed by atoms with van der Waals surface area (Å²) in [5.41, 5.74) is 6.99. The van der Waals surface area contributed by atoms with Gasteiger partial charge in [0.1, 0.15) is 0 Å². The van der Waals surface area contributed by atoms with Gasteiger partial charge in [0.25, 0.3) is 0 Å². The first-order valence-corrected chi connectivity index (χ1v) is 6.73. The summed E-state index contributed by atoms with van der Waals surface area (Å²) in [6.07, 6.45) is 0. The van der Waals surface area contributed by atoms with Crippen molar-refractivity contribution in [2.45, 2.75) is 25.7 Å². The number of nitrogens with two attached hydrogens (primary N) is 1. The molecule has 5 heteroatoms. The van der Waals surface area contributed by atoms with E-state index in [9.17, 15) is 8.42 Å². The van der Waals surface area contributed by atoms with E-state index in [1.54, 1.807) is 12.1 Å². The SMILES string of the molecule is CCN(CC)S(=O)(=O)c1cc(C)cc(N)c1. The number of rotatable bonds is 4. The minimum Gasteiger partial charge on any atom is -0.399 e. The molecule has 0 saturated carbocycles. The summed E-state index contributed by atoms with van der Waals surface area (Å²) in [5, 5.41) is 0. The van der Waals surface area contributed by atoms with Crippen molar-refractivity contribution < 1.29 is 8.42 Å². The molecule has 0 saturated heterocycles. The Bertz CT molecular complexity index is 445. The molecule has 0 aliphatic carbocycles. The fraction of sp³-hybridized carbons (Fsp3) is 0.455. The molecule has 0 heterocycles. The van der Waals surface area contributed by atoms with E-state index in [1.165, 1.54) is 10.4 Å². The smallest absolute Gasteiger partial charge is 0.243 e. The standard InChI is InChI=1S/C11H18N2O2S/c1-4-13(5-2)16(14,15)11-7-9(3)6-10(12)8-11/h6-8H,4-5,12H2,1-3H3. The molecular formula is C11H18N2O2S. The van der Waals surface area contributed by atoms with Gasteiger partial charge in [-0.25, -0.2) is 8.42 Å². The number of nitrogen functional groups attached to an aromatic ring is 1. The van der Waals surface area contributed by atoms with Crippen LogP contribution in [0.3, 0.4) is 0 Å². The summed E-state index contributed by atoms with van der Waals surface area (Å²) in [6, 6.07) is 4.89. The van der Waals surface area contributed by atoms with E-state index >= 15 is 0 Å². The zero-order chi connectivity index (χ0) is 12.3. The van der Waals surface area contributed by atoms with Gasteiger partial charge in [-0.3, -0.25) is 0 Å². The number of hydrogen-bond donors (Lipinski definition) is 1. The Morgan fingerprint density at radius 1 is 1.19 bits per heavy atom. The Balaban J connectivity index is 3.26. The number of benzene rings is 1. The zero-order valence-corrected chi connectivity index (χ0v) is 10.7. The topological polar surface area (TPSA) is 63.4 Å². The summed E-state index contributed by atoms with van der Waals surface area (Å²) in [6.45, 7) is 6.40. The second-order valence-electron chi connectivity index (χ2n) is 3.67. The van der Waals surface area contributed by atoms with E-state index in [1.807, 2.05) is 20.8 Å². The Hall–Kier alpha value is -1.07. The largest absolute Gasteiger partial charge is 0.399 e. The van der Waals surface area contributed by atoms with Crippen LogP contribution in [0.5, 0.6) is 0 Å². The van der Waals surface area contributed by atoms with Gasteiger partial charge in [0.05, 0.1) is 4.90 Å². The lowest BCUT2D eigenvalue weighted by atomic mass is 10.2. The summed E-state index contributed by atoms with van der Waals surface area (Å²) in [4.78, 5) is 0.272. The van der Waals surface area contributed by atoms with E-state index in [0.29, 0.717) is 18.8 Å². The summed E-state index contributed by atoms with van der Waals surface area (Å²) in [7, 11) is -3.39. The first-order chi connectivity index (χ1) is 7.41. The third kappa shape index (κ3) is 2.54. The van der Waals surface area contributed by atoms with Crippen LogP contribution in [0.15, 0.2) is 23.1 Å². The summed E-state index contributed by atoms with van der Waals surface area (Å²) in [5.74, 6) is 0. The molecule has 0 spiro atoms. The molecule has 0 radical (unpaired) electrons. The molecule has 2 N–H and O–H groups in total. The van der Waals surface area contributed by atoms with Gasteiger partial charge in [0.15, 0.2) is 0 Å². The van der Waals surface area contributed by atoms with Crippen LogP contribution in [0.25, 0.3) is 0 Å². The molecule has 16 heavy (non-hydrogen) atoms. The van der Waals surface area contributed by atoms with Crippen LogP contribution < -0.4 is 5.73 Å². The molecule has 0 aromatic heterocycles. The molecule has 0 bridgehead atoms. The molecular weight excluding hydrogens is 224 g/mol. The Kier molecular flexibility index (Phi) is 3.93. The van der Waals surface area contributed by atoms with Crippen LogP contribution in [-0.2, 0) is 10.0 Å². The van der Waals surface area contributed by atoms with Gasteiger partial charge in [-0.2, -0.15) is 4.31 Å². The quantitative estimate of drug-likeness (QED) is 0.816. The molecule has 0 atom stereocenters. The first-order valence-electron chi connectivity index (χ1n) is 5.29. The van der Waals surface area contributed by atoms with Crippen molar-refractivity contribution in [2.75, 3.05) is 18.8 Å². The highest BCUT2D eigenvalue weighted by molar-refractivity contribution is 7.89. The van der Waals surface area contributed by atoms with Crippen molar-refractivity contribution in [3.8, 4) is 0 Å². The van der Waals surface area contributed by atoms with Gasteiger partial charge in [-0.1, -0.05) is 13.8 Å². The predicted octanol–water partition coefficient (Wildman–Crippen LogP) is 1.61. The van der Waals surface area contributed by atoms with E-state index in [-0.39, 0.29) is 4.90 Å². The van der Waals surface area contributed by atoms with Crippen molar-refractivity contribution in [2.24, 2.45) is 0 Å². The molecule has 1 rings (SSSR count). The van der Waals surface area contributed by atoms with Crippen LogP contribution >= 0.6 is 0 Å². The second-order valence-corrected chi connectivity index (χ2v) is 5.61. The van der Waals surface area contributed by atoms with Gasteiger partial charge >= 0.3 is 0 Å². The fourth-order valence-electron chi connectivity index (χ4n) is 1.64. The molecule has 1 aromatic rings. The molecule has 0 fully saturated rings. The molecule has 0 amide bonds. The van der Waals surface area contributed by atoms with Crippen LogP contribution in [0, 0.1) is 6.92 Å². The first kappa shape index (κ1) is 13.0. The third-order valence-electron chi connectivity index (χ3n) is 2.42. The van der Waals surface area contributed by atoms with E-state index in [4.69, 9.17) is 5.73 Å². The van der Waals surface area contributed by atoms with Crippen LogP contribution in [0.4, 0.5) is 5.69 Å². The normalized spacial score (nSPS) is 12.0. The van der Waals surface area contributed by atoms with Crippen LogP contribution in [0.2, 0.25) is 0 Å². The summed E-state index contributed by atoms with van der Waals surface area (Å²) < 4.78 is 25.8. The van der Waals surface area contributed by atoms with E-state index in [2.05, 4.69) is 0 Å². The number of sulfonamides is 1. The van der Waals surface area contributed by atoms with Crippen molar-refractivity contribution in [3.63, 3.8) is 0 Å². The molecule has 4 nitrogen and oxygen atoms in total. The molecule has 0 aliphatic rings. The number of anilines is 1. The highest BCUT2D eigenvalue weighted by Gasteiger charge is 2.21. The minimum absolute atomic E-state index is 0.272. The second kappa shape index (κ2) is 4.84.